The highest BCUT2D eigenvalue weighted by atomic mass is 16.5. The second kappa shape index (κ2) is 8.17. The quantitative estimate of drug-likeness (QED) is 0.686. The van der Waals surface area contributed by atoms with E-state index in [1.807, 2.05) is 13.1 Å². The fraction of sp³-hybridized carbons (Fsp3) is 0.615. The molecule has 4 nitrogen and oxygen atoms in total. The minimum absolute atomic E-state index is 0.771. The van der Waals surface area contributed by atoms with E-state index in [4.69, 9.17) is 4.74 Å². The highest BCUT2D eigenvalue weighted by molar-refractivity contribution is 5.14. The molecular weight excluding hydrogens is 214 g/mol. The number of ether oxygens (including phenoxy) is 1. The van der Waals surface area contributed by atoms with E-state index >= 15 is 0 Å². The Bertz CT molecular complexity index is 317. The maximum atomic E-state index is 4.97. The van der Waals surface area contributed by atoms with Crippen molar-refractivity contribution in [3.63, 3.8) is 0 Å². The standard InChI is InChI=1S/C13H23N3O/c1-12-10-13(4-5-15-12)11-16(2)8-6-14-7-9-17-3/h4-5,10,14H,6-9,11H2,1-3H3. The molecule has 17 heavy (non-hydrogen) atoms. The van der Waals surface area contributed by atoms with Crippen LogP contribution >= 0.6 is 0 Å². The second-order valence-electron chi connectivity index (χ2n) is 4.29. The molecule has 1 aromatic rings. The molecule has 0 unspecified atom stereocenters. The molecule has 4 heteroatoms. The molecule has 0 spiro atoms. The predicted molar refractivity (Wildman–Crippen MR) is 70.1 cm³/mol. The van der Waals surface area contributed by atoms with Crippen LogP contribution in [0.4, 0.5) is 0 Å². The number of hydrogen-bond donors (Lipinski definition) is 1. The average molecular weight is 237 g/mol. The molecule has 1 heterocycles. The van der Waals surface area contributed by atoms with E-state index in [0.29, 0.717) is 0 Å². The molecule has 1 N–H and O–H groups in total. The van der Waals surface area contributed by atoms with Crippen molar-refractivity contribution in [1.29, 1.82) is 0 Å². The van der Waals surface area contributed by atoms with Gasteiger partial charge in [-0.25, -0.2) is 0 Å². The van der Waals surface area contributed by atoms with Crippen LogP contribution in [0.1, 0.15) is 11.3 Å². The highest BCUT2D eigenvalue weighted by Crippen LogP contribution is 2.03. The van der Waals surface area contributed by atoms with Crippen LogP contribution in [-0.2, 0) is 11.3 Å². The first kappa shape index (κ1) is 14.1. The molecule has 96 valence electrons. The van der Waals surface area contributed by atoms with E-state index in [9.17, 15) is 0 Å². The largest absolute Gasteiger partial charge is 0.383 e. The summed E-state index contributed by atoms with van der Waals surface area (Å²) in [5, 5.41) is 3.34. The highest BCUT2D eigenvalue weighted by Gasteiger charge is 2.00. The molecular formula is C13H23N3O. The van der Waals surface area contributed by atoms with Crippen molar-refractivity contribution in [3.8, 4) is 0 Å². The Morgan fingerprint density at radius 1 is 1.41 bits per heavy atom. The van der Waals surface area contributed by atoms with Crippen LogP contribution in [0.3, 0.4) is 0 Å². The number of aromatic nitrogens is 1. The summed E-state index contributed by atoms with van der Waals surface area (Å²) >= 11 is 0. The molecule has 0 aliphatic heterocycles. The van der Waals surface area contributed by atoms with Gasteiger partial charge in [-0.05, 0) is 31.7 Å². The lowest BCUT2D eigenvalue weighted by molar-refractivity contribution is 0.197. The smallest absolute Gasteiger partial charge is 0.0587 e. The molecule has 0 radical (unpaired) electrons. The summed E-state index contributed by atoms with van der Waals surface area (Å²) in [6, 6.07) is 4.21. The Labute approximate surface area is 104 Å². The Kier molecular flexibility index (Phi) is 6.77. The number of likely N-dealkylation sites (N-methyl/N-ethyl adjacent to an activating group) is 1. The van der Waals surface area contributed by atoms with Gasteiger partial charge in [-0.1, -0.05) is 0 Å². The molecule has 0 saturated carbocycles. The van der Waals surface area contributed by atoms with Gasteiger partial charge < -0.3 is 15.0 Å². The normalized spacial score (nSPS) is 11.1. The van der Waals surface area contributed by atoms with Crippen LogP contribution in [0, 0.1) is 6.92 Å². The van der Waals surface area contributed by atoms with Gasteiger partial charge in [0.25, 0.3) is 0 Å². The van der Waals surface area contributed by atoms with Gasteiger partial charge in [-0.2, -0.15) is 0 Å². The molecule has 0 aliphatic carbocycles. The molecule has 1 rings (SSSR count). The van der Waals surface area contributed by atoms with E-state index in [1.54, 1.807) is 7.11 Å². The molecule has 0 atom stereocenters. The number of methoxy groups -OCH3 is 1. The molecule has 0 aliphatic rings. The van der Waals surface area contributed by atoms with Crippen molar-refractivity contribution >= 4 is 0 Å². The number of hydrogen-bond acceptors (Lipinski definition) is 4. The van der Waals surface area contributed by atoms with Crippen molar-refractivity contribution in [1.82, 2.24) is 15.2 Å². The Morgan fingerprint density at radius 3 is 2.94 bits per heavy atom. The minimum atomic E-state index is 0.771. The summed E-state index contributed by atoms with van der Waals surface area (Å²) in [4.78, 5) is 6.50. The zero-order valence-corrected chi connectivity index (χ0v) is 11.1. The summed E-state index contributed by atoms with van der Waals surface area (Å²) in [5.74, 6) is 0. The second-order valence-corrected chi connectivity index (χ2v) is 4.29. The van der Waals surface area contributed by atoms with Gasteiger partial charge in [0.2, 0.25) is 0 Å². The van der Waals surface area contributed by atoms with Gasteiger partial charge in [0, 0.05) is 45.2 Å². The SMILES string of the molecule is COCCNCCN(C)Cc1ccnc(C)c1. The monoisotopic (exact) mass is 237 g/mol. The Balaban J connectivity index is 2.18. The average Bonchev–Trinajstić information content (AvgIpc) is 2.29. The molecule has 0 aromatic carbocycles. The van der Waals surface area contributed by atoms with Crippen molar-refractivity contribution in [2.75, 3.05) is 40.4 Å². The van der Waals surface area contributed by atoms with Gasteiger partial charge in [-0.3, -0.25) is 4.98 Å². The first-order chi connectivity index (χ1) is 8.22. The number of nitrogens with zero attached hydrogens (tertiary/aromatic N) is 2. The summed E-state index contributed by atoms with van der Waals surface area (Å²) in [5.41, 5.74) is 2.39. The summed E-state index contributed by atoms with van der Waals surface area (Å²) in [6.45, 7) is 6.70. The van der Waals surface area contributed by atoms with Crippen molar-refractivity contribution in [3.05, 3.63) is 29.6 Å². The van der Waals surface area contributed by atoms with Gasteiger partial charge in [0.05, 0.1) is 6.61 Å². The van der Waals surface area contributed by atoms with Gasteiger partial charge in [0.15, 0.2) is 0 Å². The maximum absolute atomic E-state index is 4.97. The topological polar surface area (TPSA) is 37.4 Å². The van der Waals surface area contributed by atoms with Crippen LogP contribution in [0.2, 0.25) is 0 Å². The fourth-order valence-corrected chi connectivity index (χ4v) is 1.66. The summed E-state index contributed by atoms with van der Waals surface area (Å²) in [6.07, 6.45) is 1.87. The molecule has 0 fully saturated rings. The molecule has 1 aromatic heterocycles. The van der Waals surface area contributed by atoms with Crippen LogP contribution < -0.4 is 5.32 Å². The molecule has 0 saturated heterocycles. The van der Waals surface area contributed by atoms with E-state index < -0.39 is 0 Å². The van der Waals surface area contributed by atoms with Crippen LogP contribution in [0.5, 0.6) is 0 Å². The number of aryl methyl sites for hydroxylation is 1. The number of rotatable bonds is 8. The Morgan fingerprint density at radius 2 is 2.24 bits per heavy atom. The number of pyridine rings is 1. The van der Waals surface area contributed by atoms with Gasteiger partial charge >= 0.3 is 0 Å². The lowest BCUT2D eigenvalue weighted by atomic mass is 10.2. The zero-order chi connectivity index (χ0) is 12.5. The van der Waals surface area contributed by atoms with Crippen molar-refractivity contribution in [2.24, 2.45) is 0 Å². The third-order valence-corrected chi connectivity index (χ3v) is 2.57. The summed E-state index contributed by atoms with van der Waals surface area (Å²) in [7, 11) is 3.85. The lowest BCUT2D eigenvalue weighted by Crippen LogP contribution is -2.30. The maximum Gasteiger partial charge on any atom is 0.0587 e. The Hall–Kier alpha value is -0.970. The first-order valence-electron chi connectivity index (χ1n) is 6.02. The third kappa shape index (κ3) is 6.36. The van der Waals surface area contributed by atoms with Crippen LogP contribution in [0.25, 0.3) is 0 Å². The van der Waals surface area contributed by atoms with Gasteiger partial charge in [-0.15, -0.1) is 0 Å². The molecule has 0 amide bonds. The van der Waals surface area contributed by atoms with E-state index in [0.717, 1.165) is 38.5 Å². The van der Waals surface area contributed by atoms with Crippen LogP contribution in [-0.4, -0.2) is 50.3 Å². The summed E-state index contributed by atoms with van der Waals surface area (Å²) < 4.78 is 4.97. The zero-order valence-electron chi connectivity index (χ0n) is 11.1. The first-order valence-corrected chi connectivity index (χ1v) is 6.02. The van der Waals surface area contributed by atoms with E-state index in [1.165, 1.54) is 5.56 Å². The number of nitrogens with one attached hydrogen (secondary N) is 1. The minimum Gasteiger partial charge on any atom is -0.383 e. The molecule has 0 bridgehead atoms. The van der Waals surface area contributed by atoms with Gasteiger partial charge in [0.1, 0.15) is 0 Å². The van der Waals surface area contributed by atoms with Crippen LogP contribution in [0.15, 0.2) is 18.3 Å². The van der Waals surface area contributed by atoms with Crippen molar-refractivity contribution in [2.45, 2.75) is 13.5 Å². The van der Waals surface area contributed by atoms with Crippen molar-refractivity contribution < 1.29 is 4.74 Å². The van der Waals surface area contributed by atoms with E-state index in [2.05, 4.69) is 34.4 Å². The third-order valence-electron chi connectivity index (χ3n) is 2.57. The fourth-order valence-electron chi connectivity index (χ4n) is 1.66. The predicted octanol–water partition coefficient (Wildman–Crippen LogP) is 1.06. The van der Waals surface area contributed by atoms with E-state index in [-0.39, 0.29) is 0 Å². The lowest BCUT2D eigenvalue weighted by Gasteiger charge is -2.17.